The van der Waals surface area contributed by atoms with E-state index in [-0.39, 0.29) is 24.0 Å². The van der Waals surface area contributed by atoms with E-state index < -0.39 is 0 Å². The highest BCUT2D eigenvalue weighted by Crippen LogP contribution is 2.19. The van der Waals surface area contributed by atoms with E-state index in [2.05, 4.69) is 60.4 Å². The zero-order valence-electron chi connectivity index (χ0n) is 9.00. The Labute approximate surface area is 112 Å². The Morgan fingerprint density at radius 3 is 2.25 bits per heavy atom. The first-order valence-electron chi connectivity index (χ1n) is 5.14. The summed E-state index contributed by atoms with van der Waals surface area (Å²) in [6, 6.07) is 17.1. The number of benzene rings is 2. The maximum Gasteiger partial charge on any atom is 0.211 e. The predicted molar refractivity (Wildman–Crippen MR) is 62.7 cm³/mol. The van der Waals surface area contributed by atoms with Gasteiger partial charge >= 0.3 is 0 Å². The summed E-state index contributed by atoms with van der Waals surface area (Å²) < 4.78 is 0. The molecule has 1 heterocycles. The summed E-state index contributed by atoms with van der Waals surface area (Å²) in [7, 11) is 0. The van der Waals surface area contributed by atoms with Crippen molar-refractivity contribution >= 4 is 21.7 Å². The average molecular weight is 321 g/mol. The Morgan fingerprint density at radius 2 is 1.50 bits per heavy atom. The van der Waals surface area contributed by atoms with Crippen molar-refractivity contribution in [3.63, 3.8) is 0 Å². The van der Waals surface area contributed by atoms with Gasteiger partial charge in [0, 0.05) is 24.4 Å². The van der Waals surface area contributed by atoms with Gasteiger partial charge in [0.2, 0.25) is 5.52 Å². The quantitative estimate of drug-likeness (QED) is 0.413. The maximum atomic E-state index is 3.38. The Morgan fingerprint density at radius 1 is 0.812 bits per heavy atom. The highest BCUT2D eigenvalue weighted by molar-refractivity contribution is 5.95. The molecule has 80 valence electrons. The van der Waals surface area contributed by atoms with Crippen molar-refractivity contribution in [2.24, 2.45) is 0 Å². The van der Waals surface area contributed by atoms with Crippen LogP contribution in [0.2, 0.25) is 0 Å². The van der Waals surface area contributed by atoms with E-state index in [9.17, 15) is 0 Å². The molecular weight excluding hydrogens is 309 g/mol. The third-order valence-electron chi connectivity index (χ3n) is 2.76. The third-order valence-corrected chi connectivity index (χ3v) is 2.76. The Hall–Kier alpha value is -1.16. The van der Waals surface area contributed by atoms with Crippen LogP contribution >= 0.6 is 0 Å². The SMILES string of the molecule is Cc1ccc2cc3ccccc3cc2[nH+]1.[I-]. The van der Waals surface area contributed by atoms with Gasteiger partial charge in [-0.15, -0.1) is 0 Å². The molecule has 0 atom stereocenters. The summed E-state index contributed by atoms with van der Waals surface area (Å²) in [5, 5.41) is 3.84. The minimum atomic E-state index is 0. The molecular formula is C14H12IN. The Kier molecular flexibility index (Phi) is 3.10. The number of hydrogen-bond donors (Lipinski definition) is 0. The van der Waals surface area contributed by atoms with Crippen molar-refractivity contribution in [1.29, 1.82) is 0 Å². The fraction of sp³-hybridized carbons (Fsp3) is 0.0714. The number of rotatable bonds is 0. The Balaban J connectivity index is 0.000000963. The van der Waals surface area contributed by atoms with E-state index in [0.717, 1.165) is 0 Å². The van der Waals surface area contributed by atoms with Crippen LogP contribution in [0.15, 0.2) is 48.5 Å². The molecule has 1 aromatic heterocycles. The van der Waals surface area contributed by atoms with Crippen LogP contribution in [0, 0.1) is 6.92 Å². The number of aryl methyl sites for hydroxylation is 1. The predicted octanol–water partition coefficient (Wildman–Crippen LogP) is 0.120. The zero-order chi connectivity index (χ0) is 10.3. The van der Waals surface area contributed by atoms with Gasteiger partial charge in [-0.1, -0.05) is 24.3 Å². The molecule has 3 aromatic rings. The van der Waals surface area contributed by atoms with Crippen LogP contribution in [-0.4, -0.2) is 0 Å². The van der Waals surface area contributed by atoms with Gasteiger partial charge in [0.1, 0.15) is 0 Å². The summed E-state index contributed by atoms with van der Waals surface area (Å²) in [5.74, 6) is 0. The molecule has 1 N–H and O–H groups in total. The van der Waals surface area contributed by atoms with Crippen LogP contribution < -0.4 is 29.0 Å². The highest BCUT2D eigenvalue weighted by atomic mass is 127. The van der Waals surface area contributed by atoms with Crippen LogP contribution in [0.3, 0.4) is 0 Å². The molecule has 16 heavy (non-hydrogen) atoms. The highest BCUT2D eigenvalue weighted by Gasteiger charge is 2.03. The van der Waals surface area contributed by atoms with Crippen LogP contribution in [0.5, 0.6) is 0 Å². The number of hydrogen-bond acceptors (Lipinski definition) is 0. The van der Waals surface area contributed by atoms with Gasteiger partial charge in [0.25, 0.3) is 0 Å². The first-order valence-corrected chi connectivity index (χ1v) is 5.14. The molecule has 0 fully saturated rings. The molecule has 2 heteroatoms. The van der Waals surface area contributed by atoms with Crippen molar-refractivity contribution in [3.8, 4) is 0 Å². The minimum Gasteiger partial charge on any atom is -1.00 e. The molecule has 3 rings (SSSR count). The number of aromatic nitrogens is 1. The van der Waals surface area contributed by atoms with E-state index >= 15 is 0 Å². The molecule has 0 spiro atoms. The molecule has 2 aromatic carbocycles. The van der Waals surface area contributed by atoms with E-state index in [1.54, 1.807) is 0 Å². The molecule has 0 aliphatic carbocycles. The summed E-state index contributed by atoms with van der Waals surface area (Å²) in [6.45, 7) is 2.08. The van der Waals surface area contributed by atoms with Gasteiger partial charge in [-0.3, -0.25) is 0 Å². The Bertz CT molecular complexity index is 646. The molecule has 0 saturated carbocycles. The number of aromatic amines is 1. The lowest BCUT2D eigenvalue weighted by Crippen LogP contribution is -3.00. The molecule has 0 saturated heterocycles. The minimum absolute atomic E-state index is 0. The summed E-state index contributed by atoms with van der Waals surface area (Å²) in [6.07, 6.45) is 0. The largest absolute Gasteiger partial charge is 1.00 e. The molecule has 0 aliphatic heterocycles. The second-order valence-corrected chi connectivity index (χ2v) is 3.93. The van der Waals surface area contributed by atoms with Crippen LogP contribution in [0.25, 0.3) is 21.7 Å². The summed E-state index contributed by atoms with van der Waals surface area (Å²) >= 11 is 0. The molecule has 1 nitrogen and oxygen atoms in total. The van der Waals surface area contributed by atoms with Gasteiger partial charge in [0.15, 0.2) is 5.69 Å². The monoisotopic (exact) mass is 321 g/mol. The van der Waals surface area contributed by atoms with Crippen molar-refractivity contribution in [2.75, 3.05) is 0 Å². The first kappa shape index (κ1) is 11.3. The van der Waals surface area contributed by atoms with Crippen LogP contribution in [-0.2, 0) is 0 Å². The van der Waals surface area contributed by atoms with Gasteiger partial charge in [0.05, 0.1) is 0 Å². The number of H-pyrrole nitrogens is 1. The second kappa shape index (κ2) is 4.37. The van der Waals surface area contributed by atoms with Crippen molar-refractivity contribution in [3.05, 3.63) is 54.2 Å². The van der Waals surface area contributed by atoms with Gasteiger partial charge in [-0.2, -0.15) is 0 Å². The number of pyridine rings is 1. The number of nitrogens with one attached hydrogen (secondary N) is 1. The van der Waals surface area contributed by atoms with E-state index in [1.165, 1.54) is 27.4 Å². The van der Waals surface area contributed by atoms with Crippen molar-refractivity contribution < 1.29 is 29.0 Å². The first-order chi connectivity index (χ1) is 7.33. The molecule has 0 aliphatic rings. The number of fused-ring (bicyclic) bond motifs is 2. The van der Waals surface area contributed by atoms with Crippen LogP contribution in [0.1, 0.15) is 5.69 Å². The zero-order valence-corrected chi connectivity index (χ0v) is 11.2. The number of halogens is 1. The molecule has 0 amide bonds. The fourth-order valence-electron chi connectivity index (χ4n) is 1.97. The molecule has 0 bridgehead atoms. The van der Waals surface area contributed by atoms with Gasteiger partial charge in [-0.25, -0.2) is 4.98 Å². The smallest absolute Gasteiger partial charge is 0.211 e. The van der Waals surface area contributed by atoms with Crippen molar-refractivity contribution in [1.82, 2.24) is 0 Å². The third kappa shape index (κ3) is 1.89. The standard InChI is InChI=1S/C14H11N.HI/c1-10-6-7-13-8-11-4-2-3-5-12(11)9-14(13)15-10;/h2-9H,1H3;1H. The average Bonchev–Trinajstić information content (AvgIpc) is 2.26. The van der Waals surface area contributed by atoms with Gasteiger partial charge in [-0.05, 0) is 22.9 Å². The lowest BCUT2D eigenvalue weighted by Gasteiger charge is -1.98. The lowest BCUT2D eigenvalue weighted by atomic mass is 10.1. The van der Waals surface area contributed by atoms with Crippen LogP contribution in [0.4, 0.5) is 0 Å². The van der Waals surface area contributed by atoms with E-state index in [4.69, 9.17) is 0 Å². The molecule has 0 radical (unpaired) electrons. The fourth-order valence-corrected chi connectivity index (χ4v) is 1.97. The molecule has 0 unspecified atom stereocenters. The second-order valence-electron chi connectivity index (χ2n) is 3.93. The van der Waals surface area contributed by atoms with E-state index in [0.29, 0.717) is 0 Å². The topological polar surface area (TPSA) is 14.1 Å². The maximum absolute atomic E-state index is 3.38. The normalized spacial score (nSPS) is 10.3. The van der Waals surface area contributed by atoms with Crippen molar-refractivity contribution in [2.45, 2.75) is 6.92 Å². The summed E-state index contributed by atoms with van der Waals surface area (Å²) in [4.78, 5) is 3.38. The van der Waals surface area contributed by atoms with E-state index in [1.807, 2.05) is 0 Å². The van der Waals surface area contributed by atoms with Gasteiger partial charge < -0.3 is 24.0 Å². The summed E-state index contributed by atoms with van der Waals surface area (Å²) in [5.41, 5.74) is 2.39. The lowest BCUT2D eigenvalue weighted by molar-refractivity contribution is -0.354.